The maximum absolute atomic E-state index is 11.7. The molecule has 11 heteroatoms. The number of ether oxygens (including phenoxy) is 6. The van der Waals surface area contributed by atoms with Crippen LogP contribution in [0.4, 0.5) is 0 Å². The third-order valence-corrected chi connectivity index (χ3v) is 3.23. The van der Waals surface area contributed by atoms with E-state index in [4.69, 9.17) is 28.4 Å². The van der Waals surface area contributed by atoms with Crippen molar-refractivity contribution in [1.82, 2.24) is 0 Å². The highest BCUT2D eigenvalue weighted by Gasteiger charge is 2.44. The Kier molecular flexibility index (Phi) is 12.2. The van der Waals surface area contributed by atoms with Gasteiger partial charge in [0.15, 0.2) is 24.4 Å². The van der Waals surface area contributed by atoms with Crippen LogP contribution < -0.4 is 0 Å². The van der Waals surface area contributed by atoms with Crippen molar-refractivity contribution >= 4 is 29.8 Å². The van der Waals surface area contributed by atoms with Crippen LogP contribution in [0.15, 0.2) is 0 Å². The number of rotatable bonds is 12. The van der Waals surface area contributed by atoms with Gasteiger partial charge in [-0.15, -0.1) is 0 Å². The van der Waals surface area contributed by atoms with Crippen LogP contribution in [0.2, 0.25) is 0 Å². The summed E-state index contributed by atoms with van der Waals surface area (Å²) in [6.45, 7) is 6.78. The quantitative estimate of drug-likeness (QED) is 0.318. The van der Waals surface area contributed by atoms with Gasteiger partial charge in [0.2, 0.25) is 0 Å². The summed E-state index contributed by atoms with van der Waals surface area (Å²) in [6, 6.07) is 0. The Morgan fingerprint density at radius 1 is 0.586 bits per heavy atom. The van der Waals surface area contributed by atoms with E-state index in [1.807, 2.05) is 0 Å². The molecule has 4 atom stereocenters. The van der Waals surface area contributed by atoms with Gasteiger partial charge in [-0.25, -0.2) is 0 Å². The van der Waals surface area contributed by atoms with Gasteiger partial charge in [0.25, 0.3) is 0 Å². The van der Waals surface area contributed by atoms with Crippen molar-refractivity contribution in [1.29, 1.82) is 0 Å². The van der Waals surface area contributed by atoms with Crippen LogP contribution >= 0.6 is 0 Å². The Bertz CT molecular complexity index is 586. The average molecular weight is 420 g/mol. The van der Waals surface area contributed by atoms with E-state index in [9.17, 15) is 24.0 Å². The van der Waals surface area contributed by atoms with Crippen LogP contribution in [0.25, 0.3) is 0 Å². The highest BCUT2D eigenvalue weighted by molar-refractivity contribution is 5.69. The Balaban J connectivity index is 6.10. The predicted molar refractivity (Wildman–Crippen MR) is 95.3 cm³/mol. The normalized spacial score (nSPS) is 14.6. The molecule has 0 aliphatic heterocycles. The minimum Gasteiger partial charge on any atom is -0.462 e. The molecular weight excluding hydrogens is 392 g/mol. The van der Waals surface area contributed by atoms with Gasteiger partial charge < -0.3 is 28.4 Å². The third-order valence-electron chi connectivity index (χ3n) is 3.23. The lowest BCUT2D eigenvalue weighted by Crippen LogP contribution is -2.54. The molecule has 0 unspecified atom stereocenters. The smallest absolute Gasteiger partial charge is 0.303 e. The number of hydrogen-bond acceptors (Lipinski definition) is 11. The Morgan fingerprint density at radius 2 is 0.966 bits per heavy atom. The fourth-order valence-corrected chi connectivity index (χ4v) is 2.34. The van der Waals surface area contributed by atoms with Gasteiger partial charge in [0.1, 0.15) is 6.61 Å². The second kappa shape index (κ2) is 13.5. The number of carbonyl (C=O) groups is 5. The highest BCUT2D eigenvalue weighted by Crippen LogP contribution is 2.20. The molecule has 0 saturated heterocycles. The van der Waals surface area contributed by atoms with Gasteiger partial charge in [0, 0.05) is 41.2 Å². The summed E-state index contributed by atoms with van der Waals surface area (Å²) in [4.78, 5) is 57.6. The minimum atomic E-state index is -1.45. The van der Waals surface area contributed by atoms with Gasteiger partial charge in [-0.2, -0.15) is 0 Å². The van der Waals surface area contributed by atoms with Crippen molar-refractivity contribution in [2.24, 2.45) is 0 Å². The van der Waals surface area contributed by atoms with Crippen LogP contribution in [-0.2, 0) is 52.4 Å². The van der Waals surface area contributed by atoms with E-state index in [2.05, 4.69) is 0 Å². The molecule has 0 radical (unpaired) electrons. The molecule has 0 aromatic rings. The highest BCUT2D eigenvalue weighted by atomic mass is 16.6. The summed E-state index contributed by atoms with van der Waals surface area (Å²) in [7, 11) is 0. The van der Waals surface area contributed by atoms with Gasteiger partial charge in [-0.05, 0) is 6.92 Å². The molecule has 0 rings (SSSR count). The van der Waals surface area contributed by atoms with Gasteiger partial charge in [0.05, 0.1) is 6.61 Å². The van der Waals surface area contributed by atoms with Crippen molar-refractivity contribution < 1.29 is 52.4 Å². The molecule has 0 aliphatic rings. The maximum Gasteiger partial charge on any atom is 0.303 e. The lowest BCUT2D eigenvalue weighted by Gasteiger charge is -2.35. The first kappa shape index (κ1) is 26.3. The number of esters is 5. The third kappa shape index (κ3) is 11.7. The molecule has 0 aromatic carbocycles. The van der Waals surface area contributed by atoms with Gasteiger partial charge in [-0.3, -0.25) is 24.0 Å². The van der Waals surface area contributed by atoms with Crippen molar-refractivity contribution in [3.8, 4) is 0 Å². The zero-order valence-corrected chi connectivity index (χ0v) is 17.4. The van der Waals surface area contributed by atoms with Crippen molar-refractivity contribution in [3.05, 3.63) is 0 Å². The molecule has 0 aliphatic carbocycles. The molecule has 0 bridgehead atoms. The van der Waals surface area contributed by atoms with Crippen molar-refractivity contribution in [3.63, 3.8) is 0 Å². The molecule has 11 nitrogen and oxygen atoms in total. The molecule has 0 N–H and O–H groups in total. The van der Waals surface area contributed by atoms with Crippen molar-refractivity contribution in [2.75, 3.05) is 19.8 Å². The molecule has 166 valence electrons. The summed E-state index contributed by atoms with van der Waals surface area (Å²) in [5.74, 6) is -3.74. The molecule has 0 aromatic heterocycles. The van der Waals surface area contributed by atoms with E-state index in [-0.39, 0.29) is 13.2 Å². The summed E-state index contributed by atoms with van der Waals surface area (Å²) in [5.41, 5.74) is 0. The minimum absolute atomic E-state index is 0.202. The summed E-state index contributed by atoms with van der Waals surface area (Å²) >= 11 is 0. The van der Waals surface area contributed by atoms with E-state index < -0.39 is 60.9 Å². The Hall–Kier alpha value is -2.69. The van der Waals surface area contributed by atoms with Crippen LogP contribution in [0.1, 0.15) is 41.5 Å². The molecular formula is C18H28O11. The average Bonchev–Trinajstić information content (AvgIpc) is 2.57. The molecule has 0 saturated carbocycles. The standard InChI is InChI=1S/C18H28O11/c1-7-24-8-15(26-11(3)20)17(28-13(5)22)18(29-14(6)23)16(27-12(4)21)9-25-10(2)19/h15-18H,7-9H2,1-6H3/t15-,16-,17-,18-/m1/s1. The lowest BCUT2D eigenvalue weighted by molar-refractivity contribution is -0.206. The van der Waals surface area contributed by atoms with Crippen LogP contribution in [0.5, 0.6) is 0 Å². The SMILES string of the molecule is CCOC[C@@H](OC(C)=O)[C@@H](OC(C)=O)[C@H](OC(C)=O)[C@@H](COC(C)=O)OC(C)=O. The first-order valence-corrected chi connectivity index (χ1v) is 8.87. The number of carbonyl (C=O) groups excluding carboxylic acids is 5. The van der Waals surface area contributed by atoms with Crippen LogP contribution in [0, 0.1) is 0 Å². The fraction of sp³-hybridized carbons (Fsp3) is 0.722. The fourth-order valence-electron chi connectivity index (χ4n) is 2.34. The van der Waals surface area contributed by atoms with Gasteiger partial charge >= 0.3 is 29.8 Å². The van der Waals surface area contributed by atoms with E-state index in [0.717, 1.165) is 34.6 Å². The summed E-state index contributed by atoms with van der Waals surface area (Å²) in [5, 5.41) is 0. The monoisotopic (exact) mass is 420 g/mol. The first-order chi connectivity index (χ1) is 13.5. The van der Waals surface area contributed by atoms with E-state index in [1.165, 1.54) is 0 Å². The molecule has 29 heavy (non-hydrogen) atoms. The van der Waals surface area contributed by atoms with Gasteiger partial charge in [-0.1, -0.05) is 0 Å². The van der Waals surface area contributed by atoms with Crippen molar-refractivity contribution in [2.45, 2.75) is 66.0 Å². The van der Waals surface area contributed by atoms with E-state index in [1.54, 1.807) is 6.92 Å². The molecule has 0 heterocycles. The predicted octanol–water partition coefficient (Wildman–Crippen LogP) is 0.313. The largest absolute Gasteiger partial charge is 0.462 e. The number of hydrogen-bond donors (Lipinski definition) is 0. The van der Waals surface area contributed by atoms with E-state index in [0.29, 0.717) is 0 Å². The topological polar surface area (TPSA) is 141 Å². The molecule has 0 amide bonds. The van der Waals surface area contributed by atoms with Crippen LogP contribution in [0.3, 0.4) is 0 Å². The first-order valence-electron chi connectivity index (χ1n) is 8.87. The lowest BCUT2D eigenvalue weighted by atomic mass is 10.0. The summed E-state index contributed by atoms with van der Waals surface area (Å²) < 4.78 is 30.9. The molecule has 0 spiro atoms. The Labute approximate surface area is 168 Å². The second-order valence-corrected chi connectivity index (χ2v) is 5.91. The Morgan fingerprint density at radius 3 is 1.28 bits per heavy atom. The zero-order valence-electron chi connectivity index (χ0n) is 17.4. The molecule has 0 fully saturated rings. The second-order valence-electron chi connectivity index (χ2n) is 5.91. The van der Waals surface area contributed by atoms with Crippen LogP contribution in [-0.4, -0.2) is 74.1 Å². The van der Waals surface area contributed by atoms with E-state index >= 15 is 0 Å². The summed E-state index contributed by atoms with van der Waals surface area (Å²) in [6.07, 6.45) is -5.41. The maximum atomic E-state index is 11.7. The zero-order chi connectivity index (χ0) is 22.6.